The molecule has 120 valence electrons. The average Bonchev–Trinajstić information content (AvgIpc) is 3.04. The number of ether oxygens (including phenoxy) is 1. The lowest BCUT2D eigenvalue weighted by atomic mass is 10.1. The molecule has 21 heavy (non-hydrogen) atoms. The normalized spacial score (nSPS) is 20.2. The fourth-order valence-corrected chi connectivity index (χ4v) is 6.57. The molecule has 0 saturated carbocycles. The van der Waals surface area contributed by atoms with Gasteiger partial charge in [0.25, 0.3) is 0 Å². The smallest absolute Gasteiger partial charge is 0.245 e. The second kappa shape index (κ2) is 7.52. The Morgan fingerprint density at radius 3 is 3.00 bits per heavy atom. The third-order valence-electron chi connectivity index (χ3n) is 3.52. The molecule has 1 fully saturated rings. The quantitative estimate of drug-likeness (QED) is 0.767. The van der Waals surface area contributed by atoms with Crippen molar-refractivity contribution in [3.8, 4) is 0 Å². The number of halogens is 1. The molecular weight excluding hydrogens is 376 g/mol. The molecule has 2 heterocycles. The van der Waals surface area contributed by atoms with Crippen molar-refractivity contribution >= 4 is 37.3 Å². The van der Waals surface area contributed by atoms with E-state index in [1.54, 1.807) is 17.5 Å². The number of nitrogens with one attached hydrogen (secondary N) is 1. The zero-order valence-electron chi connectivity index (χ0n) is 12.3. The van der Waals surface area contributed by atoms with Crippen molar-refractivity contribution in [2.75, 3.05) is 33.4 Å². The van der Waals surface area contributed by atoms with Crippen LogP contribution in [0, 0.1) is 5.92 Å². The van der Waals surface area contributed by atoms with E-state index >= 15 is 0 Å². The van der Waals surface area contributed by atoms with E-state index in [9.17, 15) is 8.42 Å². The van der Waals surface area contributed by atoms with Crippen LogP contribution in [0.5, 0.6) is 0 Å². The molecule has 0 amide bonds. The van der Waals surface area contributed by atoms with Gasteiger partial charge in [-0.3, -0.25) is 0 Å². The predicted molar refractivity (Wildman–Crippen MR) is 88.1 cm³/mol. The van der Waals surface area contributed by atoms with Crippen LogP contribution in [0.2, 0.25) is 0 Å². The van der Waals surface area contributed by atoms with Gasteiger partial charge in [-0.2, -0.15) is 4.31 Å². The summed E-state index contributed by atoms with van der Waals surface area (Å²) in [5, 5.41) is 3.21. The molecule has 2 rings (SSSR count). The first kappa shape index (κ1) is 17.4. The van der Waals surface area contributed by atoms with Gasteiger partial charge in [0.15, 0.2) is 0 Å². The lowest BCUT2D eigenvalue weighted by Gasteiger charge is -2.16. The molecule has 1 atom stereocenters. The molecule has 1 N–H and O–H groups in total. The van der Waals surface area contributed by atoms with Gasteiger partial charge in [0, 0.05) is 31.6 Å². The molecule has 1 aliphatic rings. The predicted octanol–water partition coefficient (Wildman–Crippen LogP) is 2.28. The maximum atomic E-state index is 12.7. The van der Waals surface area contributed by atoms with Crippen LogP contribution < -0.4 is 5.32 Å². The Labute approximate surface area is 138 Å². The summed E-state index contributed by atoms with van der Waals surface area (Å²) >= 11 is 4.87. The second-order valence-electron chi connectivity index (χ2n) is 5.10. The van der Waals surface area contributed by atoms with Crippen LogP contribution in [0.1, 0.15) is 18.2 Å². The fourth-order valence-electron chi connectivity index (χ4n) is 2.44. The first-order chi connectivity index (χ1) is 9.98. The molecule has 1 aliphatic heterocycles. The summed E-state index contributed by atoms with van der Waals surface area (Å²) in [6.45, 7) is 5.31. The third-order valence-corrected chi connectivity index (χ3v) is 7.64. The molecule has 0 bridgehead atoms. The average molecular weight is 397 g/mol. The lowest BCUT2D eigenvalue weighted by molar-refractivity contribution is 0.157. The molecule has 0 spiro atoms. The number of rotatable bonds is 7. The first-order valence-electron chi connectivity index (χ1n) is 6.97. The van der Waals surface area contributed by atoms with E-state index in [4.69, 9.17) is 4.74 Å². The van der Waals surface area contributed by atoms with Gasteiger partial charge in [-0.15, -0.1) is 11.3 Å². The Kier molecular flexibility index (Phi) is 6.22. The topological polar surface area (TPSA) is 58.6 Å². The van der Waals surface area contributed by atoms with Gasteiger partial charge in [0.2, 0.25) is 10.0 Å². The molecule has 8 heteroatoms. The van der Waals surface area contributed by atoms with Gasteiger partial charge < -0.3 is 10.1 Å². The molecule has 5 nitrogen and oxygen atoms in total. The number of methoxy groups -OCH3 is 1. The summed E-state index contributed by atoms with van der Waals surface area (Å²) in [5.74, 6) is 0.295. The summed E-state index contributed by atoms with van der Waals surface area (Å²) in [6.07, 6.45) is 0.860. The van der Waals surface area contributed by atoms with Gasteiger partial charge >= 0.3 is 0 Å². The standard InChI is InChI=1S/C13H21BrN2O3S2/c1-3-15-7-11-6-12(13(14)20-11)21(17,18)16-5-4-10(8-16)9-19-2/h6,10,15H,3-5,7-9H2,1-2H3. The van der Waals surface area contributed by atoms with Crippen molar-refractivity contribution in [2.45, 2.75) is 24.8 Å². The number of nitrogens with zero attached hydrogens (tertiary/aromatic N) is 1. The second-order valence-corrected chi connectivity index (χ2v) is 9.47. The Hall–Kier alpha value is 0.01000. The van der Waals surface area contributed by atoms with E-state index in [1.807, 2.05) is 6.92 Å². The highest BCUT2D eigenvalue weighted by molar-refractivity contribution is 9.11. The number of thiophene rings is 1. The van der Waals surface area contributed by atoms with Gasteiger partial charge in [-0.25, -0.2) is 8.42 Å². The van der Waals surface area contributed by atoms with E-state index in [1.165, 1.54) is 11.3 Å². The zero-order chi connectivity index (χ0) is 15.5. The van der Waals surface area contributed by atoms with Gasteiger partial charge in [0.05, 0.1) is 10.4 Å². The van der Waals surface area contributed by atoms with Crippen LogP contribution in [0.25, 0.3) is 0 Å². The molecule has 0 radical (unpaired) electrons. The molecule has 0 aromatic carbocycles. The highest BCUT2D eigenvalue weighted by Gasteiger charge is 2.34. The van der Waals surface area contributed by atoms with Gasteiger partial charge in [0.1, 0.15) is 4.90 Å². The van der Waals surface area contributed by atoms with Crippen molar-refractivity contribution in [1.29, 1.82) is 0 Å². The van der Waals surface area contributed by atoms with Crippen LogP contribution in [-0.2, 0) is 21.3 Å². The van der Waals surface area contributed by atoms with E-state index in [0.717, 1.165) is 17.8 Å². The van der Waals surface area contributed by atoms with E-state index in [2.05, 4.69) is 21.2 Å². The maximum absolute atomic E-state index is 12.7. The summed E-state index contributed by atoms with van der Waals surface area (Å²) < 4.78 is 32.9. The summed E-state index contributed by atoms with van der Waals surface area (Å²) in [4.78, 5) is 1.41. The number of hydrogen-bond acceptors (Lipinski definition) is 5. The molecule has 0 aliphatic carbocycles. The van der Waals surface area contributed by atoms with Crippen molar-refractivity contribution in [3.63, 3.8) is 0 Å². The van der Waals surface area contributed by atoms with Crippen LogP contribution in [0.15, 0.2) is 14.7 Å². The number of sulfonamides is 1. The van der Waals surface area contributed by atoms with Crippen LogP contribution in [0.3, 0.4) is 0 Å². The van der Waals surface area contributed by atoms with Crippen molar-refractivity contribution in [2.24, 2.45) is 5.92 Å². The molecule has 1 aromatic rings. The molecular formula is C13H21BrN2O3S2. The Balaban J connectivity index is 2.14. The SMILES string of the molecule is CCNCc1cc(S(=O)(=O)N2CCC(COC)C2)c(Br)s1. The van der Waals surface area contributed by atoms with Crippen LogP contribution >= 0.6 is 27.3 Å². The minimum absolute atomic E-state index is 0.295. The Morgan fingerprint density at radius 1 is 1.57 bits per heavy atom. The van der Waals surface area contributed by atoms with E-state index in [-0.39, 0.29) is 0 Å². The largest absolute Gasteiger partial charge is 0.384 e. The van der Waals surface area contributed by atoms with E-state index in [0.29, 0.717) is 40.8 Å². The Bertz CT molecular complexity index is 574. The van der Waals surface area contributed by atoms with Crippen molar-refractivity contribution in [1.82, 2.24) is 9.62 Å². The van der Waals surface area contributed by atoms with E-state index < -0.39 is 10.0 Å². The Morgan fingerprint density at radius 2 is 2.33 bits per heavy atom. The summed E-state index contributed by atoms with van der Waals surface area (Å²) in [5.41, 5.74) is 0. The highest BCUT2D eigenvalue weighted by Crippen LogP contribution is 2.35. The van der Waals surface area contributed by atoms with Crippen molar-refractivity contribution < 1.29 is 13.2 Å². The number of hydrogen-bond donors (Lipinski definition) is 1. The summed E-state index contributed by atoms with van der Waals surface area (Å²) in [6, 6.07) is 1.77. The van der Waals surface area contributed by atoms with Gasteiger partial charge in [-0.05, 0) is 40.9 Å². The molecule has 1 unspecified atom stereocenters. The third kappa shape index (κ3) is 4.05. The summed E-state index contributed by atoms with van der Waals surface area (Å²) in [7, 11) is -1.76. The van der Waals surface area contributed by atoms with Crippen LogP contribution in [0.4, 0.5) is 0 Å². The fraction of sp³-hybridized carbons (Fsp3) is 0.692. The zero-order valence-corrected chi connectivity index (χ0v) is 15.5. The monoisotopic (exact) mass is 396 g/mol. The highest BCUT2D eigenvalue weighted by atomic mass is 79.9. The minimum Gasteiger partial charge on any atom is -0.384 e. The maximum Gasteiger partial charge on any atom is 0.245 e. The first-order valence-corrected chi connectivity index (χ1v) is 10.0. The van der Waals surface area contributed by atoms with Crippen molar-refractivity contribution in [3.05, 3.63) is 14.7 Å². The van der Waals surface area contributed by atoms with Crippen LogP contribution in [-0.4, -0.2) is 46.1 Å². The lowest BCUT2D eigenvalue weighted by Crippen LogP contribution is -2.29. The molecule has 1 aromatic heterocycles. The molecule has 1 saturated heterocycles. The van der Waals surface area contributed by atoms with Gasteiger partial charge in [-0.1, -0.05) is 6.92 Å². The minimum atomic E-state index is -3.41.